The highest BCUT2D eigenvalue weighted by atomic mass is 31.3. The summed E-state index contributed by atoms with van der Waals surface area (Å²) in [4.78, 5) is 0. The SMILES string of the molecule is OC1NP2(=NP34=NP5(=N2)NCCCN5CCCCN3CCCN4)NC(O)C(F)(F)C1(F)F. The summed E-state index contributed by atoms with van der Waals surface area (Å²) >= 11 is 0. The zero-order chi connectivity index (χ0) is 22.8. The van der Waals surface area contributed by atoms with E-state index in [1.807, 2.05) is 0 Å². The molecule has 184 valence electrons. The summed E-state index contributed by atoms with van der Waals surface area (Å²) in [5.41, 5.74) is 0. The highest BCUT2D eigenvalue weighted by Crippen LogP contribution is 2.77. The van der Waals surface area contributed by atoms with Gasteiger partial charge in [0.05, 0.1) is 0 Å². The second-order valence-electron chi connectivity index (χ2n) is 8.45. The molecule has 2 bridgehead atoms. The van der Waals surface area contributed by atoms with Crippen LogP contribution in [0.2, 0.25) is 0 Å². The maximum atomic E-state index is 14.4. The molecule has 3 saturated heterocycles. The average molecular weight is 523 g/mol. The quantitative estimate of drug-likeness (QED) is 0.211. The number of rotatable bonds is 0. The molecule has 4 unspecified atom stereocenters. The maximum absolute atomic E-state index is 14.4. The van der Waals surface area contributed by atoms with Crippen LogP contribution in [-0.2, 0) is 0 Å². The van der Waals surface area contributed by atoms with Crippen molar-refractivity contribution in [2.75, 3.05) is 39.3 Å². The molecule has 3 spiro atoms. The summed E-state index contributed by atoms with van der Waals surface area (Å²) in [6, 6.07) is 0. The molecule has 5 aliphatic rings. The number of nitrogens with zero attached hydrogens (tertiary/aromatic N) is 5. The Morgan fingerprint density at radius 3 is 1.62 bits per heavy atom. The number of hydrogen-bond acceptors (Lipinski definition) is 11. The van der Waals surface area contributed by atoms with Gasteiger partial charge in [0.25, 0.3) is 0 Å². The standard InChI is InChI=1S/C14H28F4N9O2P3/c15-13(16)11(28)21-30(22-12(29)14(13,17)18)23-31-19-5-3-9-26(31)7-1-2-8-27-10-4-6-20-32(27,24-30)25-31/h11-12,19-22,28-29H,1-10H2. The lowest BCUT2D eigenvalue weighted by molar-refractivity contribution is -0.286. The highest BCUT2D eigenvalue weighted by molar-refractivity contribution is 7.83. The minimum atomic E-state index is -4.94. The largest absolute Gasteiger partial charge is 0.372 e. The van der Waals surface area contributed by atoms with Gasteiger partial charge in [0.2, 0.25) is 22.5 Å². The van der Waals surface area contributed by atoms with Crippen LogP contribution in [0.4, 0.5) is 17.6 Å². The molecule has 0 aromatic rings. The number of aliphatic hydroxyl groups is 2. The Labute approximate surface area is 183 Å². The van der Waals surface area contributed by atoms with Crippen LogP contribution < -0.4 is 20.3 Å². The van der Waals surface area contributed by atoms with E-state index >= 15 is 0 Å². The molecule has 11 nitrogen and oxygen atoms in total. The van der Waals surface area contributed by atoms with Crippen molar-refractivity contribution in [2.24, 2.45) is 13.5 Å². The topological polar surface area (TPSA) is 132 Å². The van der Waals surface area contributed by atoms with Gasteiger partial charge < -0.3 is 10.2 Å². The summed E-state index contributed by atoms with van der Waals surface area (Å²) < 4.78 is 76.4. The molecule has 3 fully saturated rings. The third-order valence-corrected chi connectivity index (χ3v) is 17.1. The van der Waals surface area contributed by atoms with Gasteiger partial charge in [0.15, 0.2) is 12.5 Å². The van der Waals surface area contributed by atoms with Crippen molar-refractivity contribution in [2.45, 2.75) is 50.0 Å². The van der Waals surface area contributed by atoms with Crippen molar-refractivity contribution in [3.8, 4) is 0 Å². The molecule has 18 heteroatoms. The zero-order valence-corrected chi connectivity index (χ0v) is 19.9. The van der Waals surface area contributed by atoms with E-state index < -0.39 is 46.8 Å². The lowest BCUT2D eigenvalue weighted by atomic mass is 10.1. The third-order valence-electron chi connectivity index (χ3n) is 6.20. The summed E-state index contributed by atoms with van der Waals surface area (Å²) in [6.45, 7) is 3.83. The molecular weight excluding hydrogens is 495 g/mol. The molecule has 4 atom stereocenters. The summed E-state index contributed by atoms with van der Waals surface area (Å²) in [5, 5.41) is 31.5. The summed E-state index contributed by atoms with van der Waals surface area (Å²) in [5.74, 6) is -9.87. The van der Waals surface area contributed by atoms with E-state index in [9.17, 15) is 27.8 Å². The fraction of sp³-hybridized carbons (Fsp3) is 1.00. The first-order valence-corrected chi connectivity index (χ1v) is 15.6. The van der Waals surface area contributed by atoms with Crippen molar-refractivity contribution in [1.82, 2.24) is 29.7 Å². The number of nitrogens with one attached hydrogen (secondary N) is 4. The monoisotopic (exact) mass is 523 g/mol. The third kappa shape index (κ3) is 3.60. The van der Waals surface area contributed by atoms with Gasteiger partial charge in [-0.2, -0.15) is 31.1 Å². The first-order valence-electron chi connectivity index (χ1n) is 10.6. The molecule has 0 saturated carbocycles. The van der Waals surface area contributed by atoms with E-state index in [4.69, 9.17) is 13.5 Å². The van der Waals surface area contributed by atoms with Crippen molar-refractivity contribution >= 4 is 22.5 Å². The van der Waals surface area contributed by atoms with Gasteiger partial charge in [-0.15, -0.1) is 0 Å². The molecule has 5 rings (SSSR count). The Morgan fingerprint density at radius 1 is 0.688 bits per heavy atom. The fourth-order valence-electron chi connectivity index (χ4n) is 4.50. The van der Waals surface area contributed by atoms with Gasteiger partial charge in [-0.1, -0.05) is 0 Å². The summed E-state index contributed by atoms with van der Waals surface area (Å²) in [7, 11) is -9.72. The predicted octanol–water partition coefficient (Wildman–Crippen LogP) is 2.32. The Balaban J connectivity index is 1.76. The van der Waals surface area contributed by atoms with Gasteiger partial charge >= 0.3 is 11.8 Å². The minimum absolute atomic E-state index is 0.578. The molecule has 0 aromatic heterocycles. The van der Waals surface area contributed by atoms with E-state index in [1.54, 1.807) is 0 Å². The van der Waals surface area contributed by atoms with Crippen LogP contribution in [-0.4, -0.2) is 83.1 Å². The van der Waals surface area contributed by atoms with Crippen molar-refractivity contribution in [1.29, 1.82) is 0 Å². The van der Waals surface area contributed by atoms with Gasteiger partial charge in [0, 0.05) is 39.3 Å². The average Bonchev–Trinajstić information content (AvgIpc) is 2.75. The van der Waals surface area contributed by atoms with Crippen LogP contribution >= 0.6 is 22.5 Å². The highest BCUT2D eigenvalue weighted by Gasteiger charge is 2.69. The maximum Gasteiger partial charge on any atom is 0.352 e. The van der Waals surface area contributed by atoms with Gasteiger partial charge in [-0.25, -0.2) is 19.5 Å². The van der Waals surface area contributed by atoms with Crippen LogP contribution in [0.1, 0.15) is 25.7 Å². The molecule has 5 aliphatic heterocycles. The molecule has 0 aliphatic carbocycles. The van der Waals surface area contributed by atoms with E-state index in [0.29, 0.717) is 39.3 Å². The zero-order valence-electron chi connectivity index (χ0n) is 17.2. The Bertz CT molecular complexity index is 903. The fourth-order valence-corrected chi connectivity index (χ4v) is 17.9. The van der Waals surface area contributed by atoms with Crippen LogP contribution in [0, 0.1) is 0 Å². The number of alkyl halides is 4. The van der Waals surface area contributed by atoms with Crippen LogP contribution in [0.3, 0.4) is 0 Å². The molecular formula is C14H28F4N9O2P3. The Kier molecular flexibility index (Phi) is 6.00. The van der Waals surface area contributed by atoms with Crippen molar-refractivity contribution in [3.63, 3.8) is 0 Å². The molecule has 32 heavy (non-hydrogen) atoms. The van der Waals surface area contributed by atoms with Crippen molar-refractivity contribution < 1.29 is 27.8 Å². The van der Waals surface area contributed by atoms with Gasteiger partial charge in [-0.3, -0.25) is 10.2 Å². The van der Waals surface area contributed by atoms with E-state index in [-0.39, 0.29) is 0 Å². The number of aliphatic hydroxyl groups excluding tert-OH is 2. The minimum Gasteiger partial charge on any atom is -0.372 e. The van der Waals surface area contributed by atoms with Crippen LogP contribution in [0.15, 0.2) is 13.5 Å². The molecule has 0 radical (unpaired) electrons. The molecule has 6 N–H and O–H groups in total. The smallest absolute Gasteiger partial charge is 0.352 e. The van der Waals surface area contributed by atoms with Gasteiger partial charge in [0.1, 0.15) is 0 Å². The van der Waals surface area contributed by atoms with Crippen LogP contribution in [0.25, 0.3) is 0 Å². The first-order chi connectivity index (χ1) is 15.0. The van der Waals surface area contributed by atoms with Crippen molar-refractivity contribution in [3.05, 3.63) is 0 Å². The lowest BCUT2D eigenvalue weighted by Crippen LogP contribution is -2.58. The van der Waals surface area contributed by atoms with E-state index in [2.05, 4.69) is 29.7 Å². The lowest BCUT2D eigenvalue weighted by Gasteiger charge is -2.46. The number of hydrogen-bond donors (Lipinski definition) is 6. The summed E-state index contributed by atoms with van der Waals surface area (Å²) in [6.07, 6.45) is -2.50. The van der Waals surface area contributed by atoms with E-state index in [1.165, 1.54) is 0 Å². The van der Waals surface area contributed by atoms with Crippen LogP contribution in [0.5, 0.6) is 0 Å². The predicted molar refractivity (Wildman–Crippen MR) is 114 cm³/mol. The van der Waals surface area contributed by atoms with E-state index in [0.717, 1.165) is 25.7 Å². The second-order valence-corrected chi connectivity index (χ2v) is 16.4. The number of halogens is 4. The normalized spacial score (nSPS) is 46.7. The molecule has 5 heterocycles. The Morgan fingerprint density at radius 2 is 1.12 bits per heavy atom. The van der Waals surface area contributed by atoms with Gasteiger partial charge in [-0.05, 0) is 25.7 Å². The Hall–Kier alpha value is 0.0900. The second kappa shape index (κ2) is 8.06. The first kappa shape index (κ1) is 23.8. The molecule has 0 aromatic carbocycles. The molecule has 0 amide bonds.